The lowest BCUT2D eigenvalue weighted by molar-refractivity contribution is -0.137. The number of amides is 2. The first-order chi connectivity index (χ1) is 13.6. The molecule has 1 heterocycles. The van der Waals surface area contributed by atoms with Crippen molar-refractivity contribution < 1.29 is 14.0 Å². The first-order valence-electron chi connectivity index (χ1n) is 9.66. The van der Waals surface area contributed by atoms with E-state index in [2.05, 4.69) is 22.3 Å². The minimum absolute atomic E-state index is 0.150. The standard InChI is InChI=1S/C22H26FN3O2/c23-20-9-5-4-8-19(20)10-11-24-21(27)16-22(28)26-14-12-25(13-15-26)17-18-6-2-1-3-7-18/h1-9H,10-17H2,(H,24,27). The Hall–Kier alpha value is -2.73. The molecule has 6 heteroatoms. The number of carbonyl (C=O) groups excluding carboxylic acids is 2. The van der Waals surface area contributed by atoms with Gasteiger partial charge in [-0.25, -0.2) is 4.39 Å². The Bertz CT molecular complexity index is 789. The van der Waals surface area contributed by atoms with Crippen LogP contribution in [-0.4, -0.2) is 54.3 Å². The zero-order chi connectivity index (χ0) is 19.8. The van der Waals surface area contributed by atoms with Gasteiger partial charge in [-0.05, 0) is 23.6 Å². The topological polar surface area (TPSA) is 52.7 Å². The van der Waals surface area contributed by atoms with E-state index in [-0.39, 0.29) is 24.1 Å². The fourth-order valence-electron chi connectivity index (χ4n) is 3.35. The largest absolute Gasteiger partial charge is 0.355 e. The number of nitrogens with one attached hydrogen (secondary N) is 1. The van der Waals surface area contributed by atoms with E-state index in [1.165, 1.54) is 11.6 Å². The van der Waals surface area contributed by atoms with Crippen LogP contribution in [0.15, 0.2) is 54.6 Å². The Morgan fingerprint density at radius 1 is 0.929 bits per heavy atom. The molecule has 0 unspecified atom stereocenters. The monoisotopic (exact) mass is 383 g/mol. The molecule has 0 saturated carbocycles. The highest BCUT2D eigenvalue weighted by atomic mass is 19.1. The van der Waals surface area contributed by atoms with Crippen molar-refractivity contribution in [1.29, 1.82) is 0 Å². The van der Waals surface area contributed by atoms with Crippen molar-refractivity contribution in [2.45, 2.75) is 19.4 Å². The van der Waals surface area contributed by atoms with Crippen LogP contribution in [-0.2, 0) is 22.6 Å². The van der Waals surface area contributed by atoms with Gasteiger partial charge in [0, 0.05) is 39.3 Å². The van der Waals surface area contributed by atoms with Crippen molar-refractivity contribution in [2.75, 3.05) is 32.7 Å². The van der Waals surface area contributed by atoms with Gasteiger partial charge in [-0.2, -0.15) is 0 Å². The lowest BCUT2D eigenvalue weighted by atomic mass is 10.1. The maximum absolute atomic E-state index is 13.6. The molecule has 1 saturated heterocycles. The van der Waals surface area contributed by atoms with E-state index in [1.807, 2.05) is 18.2 Å². The van der Waals surface area contributed by atoms with Crippen LogP contribution in [0.3, 0.4) is 0 Å². The molecule has 2 amide bonds. The van der Waals surface area contributed by atoms with Gasteiger partial charge in [-0.15, -0.1) is 0 Å². The lowest BCUT2D eigenvalue weighted by Gasteiger charge is -2.34. The van der Waals surface area contributed by atoms with Crippen molar-refractivity contribution in [2.24, 2.45) is 0 Å². The lowest BCUT2D eigenvalue weighted by Crippen LogP contribution is -2.49. The number of carbonyl (C=O) groups is 2. The van der Waals surface area contributed by atoms with E-state index in [0.717, 1.165) is 19.6 Å². The summed E-state index contributed by atoms with van der Waals surface area (Å²) < 4.78 is 13.6. The van der Waals surface area contributed by atoms with Crippen LogP contribution >= 0.6 is 0 Å². The molecule has 3 rings (SSSR count). The molecule has 0 aromatic heterocycles. The Morgan fingerprint density at radius 2 is 1.61 bits per heavy atom. The van der Waals surface area contributed by atoms with Gasteiger partial charge in [0.1, 0.15) is 12.2 Å². The van der Waals surface area contributed by atoms with Gasteiger partial charge in [-0.1, -0.05) is 48.5 Å². The van der Waals surface area contributed by atoms with Gasteiger partial charge in [0.15, 0.2) is 0 Å². The van der Waals surface area contributed by atoms with E-state index in [9.17, 15) is 14.0 Å². The number of halogens is 1. The number of piperazine rings is 1. The summed E-state index contributed by atoms with van der Waals surface area (Å²) in [5.41, 5.74) is 1.82. The van der Waals surface area contributed by atoms with E-state index < -0.39 is 0 Å². The average molecular weight is 383 g/mol. The molecule has 2 aromatic carbocycles. The maximum Gasteiger partial charge on any atom is 0.232 e. The minimum atomic E-state index is -0.312. The number of hydrogen-bond donors (Lipinski definition) is 1. The van der Waals surface area contributed by atoms with Gasteiger partial charge < -0.3 is 10.2 Å². The molecular weight excluding hydrogens is 357 g/mol. The average Bonchev–Trinajstić information content (AvgIpc) is 2.71. The number of rotatable bonds is 7. The molecule has 0 radical (unpaired) electrons. The normalized spacial score (nSPS) is 14.7. The highest BCUT2D eigenvalue weighted by Crippen LogP contribution is 2.09. The maximum atomic E-state index is 13.6. The quantitative estimate of drug-likeness (QED) is 0.746. The summed E-state index contributed by atoms with van der Waals surface area (Å²) in [5.74, 6) is -0.739. The zero-order valence-corrected chi connectivity index (χ0v) is 15.9. The smallest absolute Gasteiger partial charge is 0.232 e. The second kappa shape index (κ2) is 9.99. The zero-order valence-electron chi connectivity index (χ0n) is 15.9. The van der Waals surface area contributed by atoms with Crippen molar-refractivity contribution in [3.8, 4) is 0 Å². The number of nitrogens with zero attached hydrogens (tertiary/aromatic N) is 2. The van der Waals surface area contributed by atoms with Crippen LogP contribution in [0.5, 0.6) is 0 Å². The van der Waals surface area contributed by atoms with Crippen LogP contribution in [0, 0.1) is 5.82 Å². The number of hydrogen-bond acceptors (Lipinski definition) is 3. The molecule has 1 N–H and O–H groups in total. The van der Waals surface area contributed by atoms with Crippen LogP contribution in [0.1, 0.15) is 17.5 Å². The summed E-state index contributed by atoms with van der Waals surface area (Å²) in [6.45, 7) is 4.06. The van der Waals surface area contributed by atoms with Crippen molar-refractivity contribution in [3.63, 3.8) is 0 Å². The second-order valence-electron chi connectivity index (χ2n) is 7.01. The molecule has 28 heavy (non-hydrogen) atoms. The minimum Gasteiger partial charge on any atom is -0.355 e. The molecule has 1 fully saturated rings. The molecule has 0 spiro atoms. The predicted molar refractivity (Wildman–Crippen MR) is 106 cm³/mol. The van der Waals surface area contributed by atoms with Gasteiger partial charge in [0.05, 0.1) is 0 Å². The first kappa shape index (κ1) is 20.0. The molecule has 2 aromatic rings. The molecule has 0 atom stereocenters. The molecule has 1 aliphatic heterocycles. The summed E-state index contributed by atoms with van der Waals surface area (Å²) in [6.07, 6.45) is 0.251. The van der Waals surface area contributed by atoms with Crippen molar-refractivity contribution >= 4 is 11.8 Å². The third kappa shape index (κ3) is 5.89. The van der Waals surface area contributed by atoms with Gasteiger partial charge in [-0.3, -0.25) is 14.5 Å². The van der Waals surface area contributed by atoms with Gasteiger partial charge >= 0.3 is 0 Å². The predicted octanol–water partition coefficient (Wildman–Crippen LogP) is 2.22. The van der Waals surface area contributed by atoms with Crippen LogP contribution in [0.2, 0.25) is 0 Å². The first-order valence-corrected chi connectivity index (χ1v) is 9.66. The van der Waals surface area contributed by atoms with Crippen LogP contribution in [0.4, 0.5) is 4.39 Å². The molecule has 0 aliphatic carbocycles. The van der Waals surface area contributed by atoms with E-state index in [0.29, 0.717) is 31.6 Å². The molecule has 1 aliphatic rings. The third-order valence-electron chi connectivity index (χ3n) is 4.96. The Labute approximate surface area is 165 Å². The summed E-state index contributed by atoms with van der Waals surface area (Å²) in [7, 11) is 0. The van der Waals surface area contributed by atoms with Crippen molar-refractivity contribution in [1.82, 2.24) is 15.1 Å². The third-order valence-corrected chi connectivity index (χ3v) is 4.96. The molecular formula is C22H26FN3O2. The fourth-order valence-corrected chi connectivity index (χ4v) is 3.35. The highest BCUT2D eigenvalue weighted by Gasteiger charge is 2.22. The summed E-state index contributed by atoms with van der Waals surface area (Å²) >= 11 is 0. The fraction of sp³-hybridized carbons (Fsp3) is 0.364. The SMILES string of the molecule is O=C(CC(=O)N1CCN(Cc2ccccc2)CC1)NCCc1ccccc1F. The number of benzene rings is 2. The van der Waals surface area contributed by atoms with E-state index in [4.69, 9.17) is 0 Å². The van der Waals surface area contributed by atoms with E-state index in [1.54, 1.807) is 23.1 Å². The van der Waals surface area contributed by atoms with Gasteiger partial charge in [0.2, 0.25) is 11.8 Å². The Balaban J connectivity index is 1.35. The van der Waals surface area contributed by atoms with Crippen molar-refractivity contribution in [3.05, 3.63) is 71.5 Å². The van der Waals surface area contributed by atoms with E-state index >= 15 is 0 Å². The summed E-state index contributed by atoms with van der Waals surface area (Å²) in [6, 6.07) is 16.8. The van der Waals surface area contributed by atoms with Crippen LogP contribution in [0.25, 0.3) is 0 Å². The molecule has 0 bridgehead atoms. The highest BCUT2D eigenvalue weighted by molar-refractivity contribution is 5.96. The summed E-state index contributed by atoms with van der Waals surface area (Å²) in [4.78, 5) is 28.4. The molecule has 5 nitrogen and oxygen atoms in total. The Morgan fingerprint density at radius 3 is 2.32 bits per heavy atom. The van der Waals surface area contributed by atoms with Crippen LogP contribution < -0.4 is 5.32 Å². The summed E-state index contributed by atoms with van der Waals surface area (Å²) in [5, 5.41) is 2.71. The Kier molecular flexibility index (Phi) is 7.14. The molecule has 148 valence electrons. The second-order valence-corrected chi connectivity index (χ2v) is 7.01. The van der Waals surface area contributed by atoms with Gasteiger partial charge in [0.25, 0.3) is 0 Å².